The van der Waals surface area contributed by atoms with Gasteiger partial charge >= 0.3 is 6.09 Å². The van der Waals surface area contributed by atoms with Crippen LogP contribution in [0.4, 0.5) is 4.79 Å². The van der Waals surface area contributed by atoms with E-state index in [0.717, 1.165) is 19.3 Å². The standard InChI is InChI=1S/C28H47N3O5/c1-4-5-6-8-27-9-12-28(13-10-27,14-11-27)19-36-26(35)31-23(16-20(2)3)25(34)30-22(18-32)17-21-7-15-29-24(21)33/h18,20-23H,4-17,19H2,1-3H3,(H,29,33)(H,30,34)(H,31,35)/t21-,22-,23-,27?,28?/m0/s1/i19D2. The summed E-state index contributed by atoms with van der Waals surface area (Å²) in [7, 11) is 0. The summed E-state index contributed by atoms with van der Waals surface area (Å²) in [5, 5.41) is 7.94. The lowest BCUT2D eigenvalue weighted by Crippen LogP contribution is -2.51. The first-order chi connectivity index (χ1) is 17.9. The monoisotopic (exact) mass is 507 g/mol. The van der Waals surface area contributed by atoms with Crippen LogP contribution in [0.1, 0.15) is 107 Å². The van der Waals surface area contributed by atoms with Crippen LogP contribution >= 0.6 is 0 Å². The molecule has 4 aliphatic rings. The highest BCUT2D eigenvalue weighted by molar-refractivity contribution is 5.88. The molecule has 1 saturated heterocycles. The fourth-order valence-corrected chi connectivity index (χ4v) is 6.18. The average Bonchev–Trinajstić information content (AvgIpc) is 3.27. The molecule has 0 radical (unpaired) electrons. The van der Waals surface area contributed by atoms with Gasteiger partial charge < -0.3 is 25.5 Å². The molecule has 2 bridgehead atoms. The van der Waals surface area contributed by atoms with Crippen molar-refractivity contribution in [3.8, 4) is 0 Å². The molecule has 3 saturated carbocycles. The molecule has 4 fully saturated rings. The highest BCUT2D eigenvalue weighted by Crippen LogP contribution is 2.58. The maximum Gasteiger partial charge on any atom is 0.407 e. The summed E-state index contributed by atoms with van der Waals surface area (Å²) in [4.78, 5) is 49.5. The molecular weight excluding hydrogens is 458 g/mol. The van der Waals surface area contributed by atoms with Gasteiger partial charge in [0.1, 0.15) is 12.3 Å². The Morgan fingerprint density at radius 1 is 1.14 bits per heavy atom. The zero-order chi connectivity index (χ0) is 28.0. The van der Waals surface area contributed by atoms with Gasteiger partial charge in [0, 0.05) is 17.9 Å². The molecule has 8 nitrogen and oxygen atoms in total. The quantitative estimate of drug-likeness (QED) is 0.240. The van der Waals surface area contributed by atoms with E-state index >= 15 is 0 Å². The van der Waals surface area contributed by atoms with Gasteiger partial charge in [0.15, 0.2) is 0 Å². The number of unbranched alkanes of at least 4 members (excludes halogenated alkanes) is 2. The first-order valence-corrected chi connectivity index (χ1v) is 14.0. The van der Waals surface area contributed by atoms with E-state index in [-0.39, 0.29) is 24.2 Å². The molecule has 4 rings (SSSR count). The number of fused-ring (bicyclic) bond motifs is 3. The number of aldehydes is 1. The molecule has 3 aliphatic carbocycles. The fourth-order valence-electron chi connectivity index (χ4n) is 6.18. The van der Waals surface area contributed by atoms with Gasteiger partial charge in [-0.15, -0.1) is 0 Å². The van der Waals surface area contributed by atoms with Crippen LogP contribution in [0.5, 0.6) is 0 Å². The van der Waals surface area contributed by atoms with Gasteiger partial charge in [-0.1, -0.05) is 40.0 Å². The zero-order valence-corrected chi connectivity index (χ0v) is 22.3. The lowest BCUT2D eigenvalue weighted by Gasteiger charge is -2.53. The molecular formula is C28H47N3O5. The molecule has 0 aromatic carbocycles. The lowest BCUT2D eigenvalue weighted by atomic mass is 9.53. The minimum absolute atomic E-state index is 0.0502. The maximum atomic E-state index is 13.0. The minimum Gasteiger partial charge on any atom is -0.449 e. The van der Waals surface area contributed by atoms with Crippen LogP contribution in [0.3, 0.4) is 0 Å². The zero-order valence-electron chi connectivity index (χ0n) is 24.3. The van der Waals surface area contributed by atoms with E-state index in [0.29, 0.717) is 50.4 Å². The number of carbonyl (C=O) groups excluding carboxylic acids is 4. The van der Waals surface area contributed by atoms with Crippen LogP contribution in [0.15, 0.2) is 0 Å². The number of amides is 3. The van der Waals surface area contributed by atoms with E-state index in [4.69, 9.17) is 7.48 Å². The van der Waals surface area contributed by atoms with Gasteiger partial charge in [-0.05, 0) is 75.5 Å². The van der Waals surface area contributed by atoms with E-state index in [2.05, 4.69) is 22.9 Å². The van der Waals surface area contributed by atoms with Crippen molar-refractivity contribution in [1.29, 1.82) is 0 Å². The Balaban J connectivity index is 1.58. The van der Waals surface area contributed by atoms with Crippen molar-refractivity contribution in [1.82, 2.24) is 16.0 Å². The number of nitrogens with one attached hydrogen (secondary N) is 3. The van der Waals surface area contributed by atoms with Crippen LogP contribution in [0.25, 0.3) is 0 Å². The summed E-state index contributed by atoms with van der Waals surface area (Å²) in [6.45, 7) is 4.42. The molecule has 3 amide bonds. The Morgan fingerprint density at radius 3 is 2.36 bits per heavy atom. The number of carbonyl (C=O) groups is 4. The van der Waals surface area contributed by atoms with E-state index in [1.54, 1.807) is 0 Å². The number of rotatable bonds is 14. The Morgan fingerprint density at radius 2 is 1.81 bits per heavy atom. The molecule has 3 atom stereocenters. The maximum absolute atomic E-state index is 13.0. The van der Waals surface area contributed by atoms with Crippen molar-refractivity contribution in [2.24, 2.45) is 22.7 Å². The molecule has 3 N–H and O–H groups in total. The van der Waals surface area contributed by atoms with Crippen molar-refractivity contribution >= 4 is 24.2 Å². The second-order valence-corrected chi connectivity index (χ2v) is 11.8. The third-order valence-corrected chi connectivity index (χ3v) is 8.58. The molecule has 1 aliphatic heterocycles. The van der Waals surface area contributed by atoms with Gasteiger partial charge in [0.2, 0.25) is 11.8 Å². The number of hydrogen-bond donors (Lipinski definition) is 3. The molecule has 36 heavy (non-hydrogen) atoms. The first kappa shape index (κ1) is 25.5. The second-order valence-electron chi connectivity index (χ2n) is 11.8. The van der Waals surface area contributed by atoms with Gasteiger partial charge in [-0.3, -0.25) is 9.59 Å². The van der Waals surface area contributed by atoms with Crippen LogP contribution in [-0.4, -0.2) is 49.4 Å². The number of ether oxygens (including phenoxy) is 1. The van der Waals surface area contributed by atoms with Gasteiger partial charge in [0.05, 0.1) is 15.3 Å². The Bertz CT molecular complexity index is 841. The molecule has 0 aromatic rings. The third kappa shape index (κ3) is 7.69. The Labute approximate surface area is 219 Å². The van der Waals surface area contributed by atoms with Gasteiger partial charge in [0.25, 0.3) is 0 Å². The predicted octanol–water partition coefficient (Wildman–Crippen LogP) is 4.26. The van der Waals surface area contributed by atoms with Crippen molar-refractivity contribution in [3.05, 3.63) is 0 Å². The third-order valence-electron chi connectivity index (χ3n) is 8.58. The second kappa shape index (κ2) is 12.9. The summed E-state index contributed by atoms with van der Waals surface area (Å²) in [6.07, 6.45) is 10.6. The highest BCUT2D eigenvalue weighted by atomic mass is 16.5. The average molecular weight is 508 g/mol. The SMILES string of the molecule is [2H]C([2H])(OC(=O)N[C@@H](CC(C)C)C(=O)N[C@H](C=O)C[C@@H]1CCNC1=O)C12CCC(CCCCC)(CC1)CC2. The van der Waals surface area contributed by atoms with Crippen molar-refractivity contribution < 1.29 is 26.7 Å². The largest absolute Gasteiger partial charge is 0.449 e. The molecule has 1 heterocycles. The summed E-state index contributed by atoms with van der Waals surface area (Å²) in [5.74, 6) is -0.960. The van der Waals surface area contributed by atoms with E-state index < -0.39 is 36.1 Å². The number of hydrogen-bond acceptors (Lipinski definition) is 5. The van der Waals surface area contributed by atoms with Crippen LogP contribution in [0.2, 0.25) is 0 Å². The Kier molecular flexibility index (Phi) is 9.15. The molecule has 0 aromatic heterocycles. The smallest absolute Gasteiger partial charge is 0.407 e. The summed E-state index contributed by atoms with van der Waals surface area (Å²) in [6, 6.07) is -1.84. The molecule has 204 valence electrons. The lowest BCUT2D eigenvalue weighted by molar-refractivity contribution is -0.127. The molecule has 8 heteroatoms. The number of alkyl carbamates (subject to hydrolysis) is 1. The molecule has 0 spiro atoms. The summed E-state index contributed by atoms with van der Waals surface area (Å²) < 4.78 is 22.9. The van der Waals surface area contributed by atoms with Crippen molar-refractivity contribution in [2.45, 2.75) is 116 Å². The van der Waals surface area contributed by atoms with Crippen molar-refractivity contribution in [2.75, 3.05) is 13.1 Å². The van der Waals surface area contributed by atoms with Crippen LogP contribution < -0.4 is 16.0 Å². The van der Waals surface area contributed by atoms with E-state index in [1.807, 2.05) is 13.8 Å². The molecule has 0 unspecified atom stereocenters. The summed E-state index contributed by atoms with van der Waals surface area (Å²) in [5.41, 5.74) is -0.388. The van der Waals surface area contributed by atoms with Crippen LogP contribution in [-0.2, 0) is 19.1 Å². The van der Waals surface area contributed by atoms with E-state index in [1.165, 1.54) is 25.7 Å². The van der Waals surface area contributed by atoms with Gasteiger partial charge in [-0.2, -0.15) is 0 Å². The Hall–Kier alpha value is -2.12. The summed E-state index contributed by atoms with van der Waals surface area (Å²) >= 11 is 0. The minimum atomic E-state index is -2.15. The van der Waals surface area contributed by atoms with Crippen molar-refractivity contribution in [3.63, 3.8) is 0 Å². The predicted molar refractivity (Wildman–Crippen MR) is 138 cm³/mol. The highest BCUT2D eigenvalue weighted by Gasteiger charge is 2.48. The normalized spacial score (nSPS) is 30.1. The van der Waals surface area contributed by atoms with Gasteiger partial charge in [-0.25, -0.2) is 4.79 Å². The van der Waals surface area contributed by atoms with E-state index in [9.17, 15) is 19.2 Å². The first-order valence-electron chi connectivity index (χ1n) is 15.0. The fraction of sp³-hybridized carbons (Fsp3) is 0.857. The topological polar surface area (TPSA) is 114 Å². The van der Waals surface area contributed by atoms with Crippen LogP contribution in [0, 0.1) is 22.7 Å².